The molecule has 0 saturated heterocycles. The number of thiazole rings is 1. The number of nitrogens with two attached hydrogens (primary N) is 2. The van der Waals surface area contributed by atoms with Gasteiger partial charge in [0.2, 0.25) is 15.2 Å². The topological polar surface area (TPSA) is 136 Å². The van der Waals surface area contributed by atoms with Crippen LogP contribution in [0.2, 0.25) is 0 Å². The van der Waals surface area contributed by atoms with Crippen LogP contribution in [0.5, 0.6) is 0 Å². The lowest BCUT2D eigenvalue weighted by Crippen LogP contribution is -2.29. The Balaban J connectivity index is 2.08. The SMILES string of the molecule is CSC(=NC1CCCC(c2csc(N=C(N)N)n2)C1)NS(C)(=O)=O. The smallest absolute Gasteiger partial charge is 0.231 e. The Morgan fingerprint density at radius 1 is 1.46 bits per heavy atom. The van der Waals surface area contributed by atoms with E-state index < -0.39 is 10.0 Å². The Morgan fingerprint density at radius 2 is 2.21 bits per heavy atom. The van der Waals surface area contributed by atoms with Crippen LogP contribution in [0.1, 0.15) is 37.3 Å². The Labute approximate surface area is 150 Å². The quantitative estimate of drug-likeness (QED) is 0.524. The van der Waals surface area contributed by atoms with E-state index in [9.17, 15) is 8.42 Å². The van der Waals surface area contributed by atoms with E-state index in [4.69, 9.17) is 11.5 Å². The minimum absolute atomic E-state index is 0.00141. The molecule has 134 valence electrons. The number of rotatable bonds is 4. The van der Waals surface area contributed by atoms with Crippen LogP contribution in [-0.4, -0.2) is 43.1 Å². The van der Waals surface area contributed by atoms with Crippen LogP contribution in [-0.2, 0) is 10.0 Å². The second-order valence-electron chi connectivity index (χ2n) is 5.62. The monoisotopic (exact) mass is 390 g/mol. The molecule has 0 bridgehead atoms. The largest absolute Gasteiger partial charge is 0.370 e. The van der Waals surface area contributed by atoms with Crippen LogP contribution in [0.25, 0.3) is 0 Å². The molecule has 5 N–H and O–H groups in total. The van der Waals surface area contributed by atoms with Crippen molar-refractivity contribution in [2.45, 2.75) is 37.6 Å². The third kappa shape index (κ3) is 5.95. The zero-order chi connectivity index (χ0) is 17.7. The summed E-state index contributed by atoms with van der Waals surface area (Å²) in [5, 5.41) is 2.96. The van der Waals surface area contributed by atoms with E-state index in [1.807, 2.05) is 5.38 Å². The number of amidine groups is 1. The molecule has 2 rings (SSSR count). The number of hydrogen-bond acceptors (Lipinski definition) is 7. The minimum Gasteiger partial charge on any atom is -0.370 e. The van der Waals surface area contributed by atoms with E-state index in [2.05, 4.69) is 19.7 Å². The van der Waals surface area contributed by atoms with Crippen molar-refractivity contribution in [3.05, 3.63) is 11.1 Å². The highest BCUT2D eigenvalue weighted by molar-refractivity contribution is 8.14. The number of thioether (sulfide) groups is 1. The Morgan fingerprint density at radius 3 is 2.83 bits per heavy atom. The molecule has 1 aromatic rings. The molecule has 1 heterocycles. The first-order chi connectivity index (χ1) is 11.3. The van der Waals surface area contributed by atoms with Gasteiger partial charge in [-0.15, -0.1) is 11.3 Å². The van der Waals surface area contributed by atoms with Crippen LogP contribution < -0.4 is 16.2 Å². The van der Waals surface area contributed by atoms with Gasteiger partial charge in [-0.25, -0.2) is 13.4 Å². The first-order valence-corrected chi connectivity index (χ1v) is 11.4. The van der Waals surface area contributed by atoms with Gasteiger partial charge in [0.15, 0.2) is 11.1 Å². The zero-order valence-electron chi connectivity index (χ0n) is 13.6. The summed E-state index contributed by atoms with van der Waals surface area (Å²) in [6.45, 7) is 0. The van der Waals surface area contributed by atoms with Crippen LogP contribution in [0.4, 0.5) is 5.13 Å². The molecule has 1 aliphatic rings. The third-order valence-corrected chi connectivity index (χ3v) is 5.61. The maximum Gasteiger partial charge on any atom is 0.231 e. The molecule has 1 aromatic heterocycles. The van der Waals surface area contributed by atoms with Crippen molar-refractivity contribution in [2.75, 3.05) is 12.5 Å². The van der Waals surface area contributed by atoms with Crippen LogP contribution in [0.15, 0.2) is 15.4 Å². The molecule has 11 heteroatoms. The van der Waals surface area contributed by atoms with E-state index in [1.54, 1.807) is 6.26 Å². The second-order valence-corrected chi connectivity index (χ2v) is 9.00. The lowest BCUT2D eigenvalue weighted by Gasteiger charge is -2.26. The molecule has 8 nitrogen and oxygen atoms in total. The summed E-state index contributed by atoms with van der Waals surface area (Å²) in [4.78, 5) is 13.0. The van der Waals surface area contributed by atoms with Crippen molar-refractivity contribution >= 4 is 49.4 Å². The van der Waals surface area contributed by atoms with Gasteiger partial charge in [0.25, 0.3) is 0 Å². The van der Waals surface area contributed by atoms with E-state index in [-0.39, 0.29) is 17.9 Å². The molecule has 2 unspecified atom stereocenters. The van der Waals surface area contributed by atoms with Crippen LogP contribution in [0.3, 0.4) is 0 Å². The summed E-state index contributed by atoms with van der Waals surface area (Å²) in [5.41, 5.74) is 11.7. The van der Waals surface area contributed by atoms with E-state index >= 15 is 0 Å². The van der Waals surface area contributed by atoms with Gasteiger partial charge in [-0.3, -0.25) is 9.71 Å². The molecular formula is C13H22N6O2S3. The van der Waals surface area contributed by atoms with E-state index in [1.165, 1.54) is 23.1 Å². The van der Waals surface area contributed by atoms with Crippen molar-refractivity contribution in [2.24, 2.45) is 21.5 Å². The molecule has 24 heavy (non-hydrogen) atoms. The van der Waals surface area contributed by atoms with Crippen molar-refractivity contribution in [3.8, 4) is 0 Å². The summed E-state index contributed by atoms with van der Waals surface area (Å²) >= 11 is 2.71. The molecule has 0 amide bonds. The van der Waals surface area contributed by atoms with Crippen LogP contribution in [0, 0.1) is 0 Å². The molecule has 2 atom stereocenters. The average Bonchev–Trinajstić information content (AvgIpc) is 2.93. The average molecular weight is 391 g/mol. The van der Waals surface area contributed by atoms with Crippen molar-refractivity contribution in [1.82, 2.24) is 9.71 Å². The summed E-state index contributed by atoms with van der Waals surface area (Å²) in [6.07, 6.45) is 6.76. The highest BCUT2D eigenvalue weighted by atomic mass is 32.2. The van der Waals surface area contributed by atoms with Crippen molar-refractivity contribution in [1.29, 1.82) is 0 Å². The number of aliphatic imine (C=N–C) groups is 2. The maximum absolute atomic E-state index is 11.4. The number of sulfonamides is 1. The lowest BCUT2D eigenvalue weighted by molar-refractivity contribution is 0.391. The summed E-state index contributed by atoms with van der Waals surface area (Å²) in [6, 6.07) is 0.0775. The standard InChI is InChI=1S/C13H22N6O2S3/c1-22-13(19-24(2,20)21)16-9-5-3-4-8(6-9)10-7-23-12(17-10)18-11(14)15/h7-9H,3-6H2,1-2H3,(H,16,19)(H4,14,15,17,18). The minimum atomic E-state index is -3.31. The molecular weight excluding hydrogens is 368 g/mol. The first kappa shape index (κ1) is 19.0. The maximum atomic E-state index is 11.4. The van der Waals surface area contributed by atoms with Crippen molar-refractivity contribution in [3.63, 3.8) is 0 Å². The van der Waals surface area contributed by atoms with Gasteiger partial charge in [-0.2, -0.15) is 4.99 Å². The van der Waals surface area contributed by atoms with E-state index in [0.717, 1.165) is 37.6 Å². The fourth-order valence-corrected chi connectivity index (χ4v) is 4.82. The third-order valence-electron chi connectivity index (χ3n) is 3.57. The lowest BCUT2D eigenvalue weighted by atomic mass is 9.84. The number of hydrogen-bond donors (Lipinski definition) is 3. The Hall–Kier alpha value is -1.33. The molecule has 0 aromatic carbocycles. The predicted molar refractivity (Wildman–Crippen MR) is 102 cm³/mol. The van der Waals surface area contributed by atoms with Gasteiger partial charge in [0.1, 0.15) is 0 Å². The number of nitrogens with zero attached hydrogens (tertiary/aromatic N) is 3. The van der Waals surface area contributed by atoms with Gasteiger partial charge in [-0.1, -0.05) is 18.2 Å². The molecule has 1 aliphatic carbocycles. The van der Waals surface area contributed by atoms with Crippen LogP contribution >= 0.6 is 23.1 Å². The van der Waals surface area contributed by atoms with E-state index in [0.29, 0.717) is 10.3 Å². The highest BCUT2D eigenvalue weighted by Crippen LogP contribution is 2.36. The summed E-state index contributed by atoms with van der Waals surface area (Å²) in [5.74, 6) is 0.284. The Bertz CT molecular complexity index is 724. The highest BCUT2D eigenvalue weighted by Gasteiger charge is 2.25. The fraction of sp³-hybridized carbons (Fsp3) is 0.615. The van der Waals surface area contributed by atoms with Gasteiger partial charge < -0.3 is 11.5 Å². The fourth-order valence-electron chi connectivity index (χ4n) is 2.62. The summed E-state index contributed by atoms with van der Waals surface area (Å²) < 4.78 is 25.2. The predicted octanol–water partition coefficient (Wildman–Crippen LogP) is 1.34. The Kier molecular flexibility index (Phi) is 6.47. The number of guanidine groups is 1. The molecule has 0 radical (unpaired) electrons. The van der Waals surface area contributed by atoms with Crippen molar-refractivity contribution < 1.29 is 8.42 Å². The van der Waals surface area contributed by atoms with Gasteiger partial charge in [-0.05, 0) is 25.5 Å². The molecule has 1 fully saturated rings. The normalized spacial score (nSPS) is 22.2. The number of aromatic nitrogens is 1. The van der Waals surface area contributed by atoms with Gasteiger partial charge in [0.05, 0.1) is 18.0 Å². The first-order valence-electron chi connectivity index (χ1n) is 7.41. The summed E-state index contributed by atoms with van der Waals surface area (Å²) in [7, 11) is -3.31. The zero-order valence-corrected chi connectivity index (χ0v) is 16.0. The number of nitrogens with one attached hydrogen (secondary N) is 1. The second kappa shape index (κ2) is 8.17. The molecule has 0 aliphatic heterocycles. The molecule has 1 saturated carbocycles. The van der Waals surface area contributed by atoms with Gasteiger partial charge in [0, 0.05) is 11.3 Å². The van der Waals surface area contributed by atoms with Gasteiger partial charge >= 0.3 is 0 Å². The molecule has 0 spiro atoms.